The minimum Gasteiger partial charge on any atom is -0.394 e. The van der Waals surface area contributed by atoms with Crippen molar-refractivity contribution in [2.24, 2.45) is 5.92 Å². The number of fused-ring (bicyclic) bond motifs is 3. The first-order chi connectivity index (χ1) is 19.5. The average molecular weight is 534 g/mol. The Labute approximate surface area is 236 Å². The Morgan fingerprint density at radius 3 is 2.40 bits per heavy atom. The SMILES string of the molecule is Cc1cc(C)c2c3ccccc3n(Cc3cccc([C@H](C4CCCC4)C(O)N[C@H](CO)c4ccccc4)c3)c2n1. The van der Waals surface area contributed by atoms with Crippen LogP contribution >= 0.6 is 0 Å². The summed E-state index contributed by atoms with van der Waals surface area (Å²) in [5.41, 5.74) is 7.80. The van der Waals surface area contributed by atoms with Crippen LogP contribution in [0.3, 0.4) is 0 Å². The Bertz CT molecular complexity index is 1600. The van der Waals surface area contributed by atoms with Gasteiger partial charge in [0.15, 0.2) is 0 Å². The lowest BCUT2D eigenvalue weighted by molar-refractivity contribution is 0.0600. The van der Waals surface area contributed by atoms with Crippen LogP contribution in [0, 0.1) is 19.8 Å². The number of para-hydroxylation sites is 1. The molecule has 206 valence electrons. The van der Waals surface area contributed by atoms with Crippen LogP contribution in [0.1, 0.15) is 65.6 Å². The molecule has 2 aromatic heterocycles. The standard InChI is InChI=1S/C35H39N3O2/c1-23-19-24(2)36-34-32(23)29-17-8-9-18-31(29)38(34)21-25-11-10-16-28(20-25)33(27-14-6-7-15-27)35(40)37-30(22-39)26-12-4-3-5-13-26/h3-5,8-13,16-20,27,30,33,35,37,39-40H,6-7,14-15,21-22H2,1-2H3/t30-,33+,35?/m1/s1. The maximum absolute atomic E-state index is 11.6. The highest BCUT2D eigenvalue weighted by atomic mass is 16.3. The van der Waals surface area contributed by atoms with Gasteiger partial charge in [0, 0.05) is 28.9 Å². The molecule has 6 rings (SSSR count). The van der Waals surface area contributed by atoms with Crippen LogP contribution in [0.2, 0.25) is 0 Å². The third kappa shape index (κ3) is 5.17. The highest BCUT2D eigenvalue weighted by Gasteiger charge is 2.33. The summed E-state index contributed by atoms with van der Waals surface area (Å²) in [7, 11) is 0. The number of hydrogen-bond donors (Lipinski definition) is 3. The third-order valence-corrected chi connectivity index (χ3v) is 8.73. The quantitative estimate of drug-likeness (QED) is 0.183. The zero-order valence-electron chi connectivity index (χ0n) is 23.4. The van der Waals surface area contributed by atoms with Crippen molar-refractivity contribution in [2.45, 2.75) is 64.3 Å². The number of aliphatic hydroxyl groups excluding tert-OH is 2. The number of nitrogens with zero attached hydrogens (tertiary/aromatic N) is 2. The molecule has 0 amide bonds. The van der Waals surface area contributed by atoms with Crippen molar-refractivity contribution in [3.05, 3.63) is 113 Å². The number of pyridine rings is 1. The van der Waals surface area contributed by atoms with E-state index in [4.69, 9.17) is 4.98 Å². The average Bonchev–Trinajstić information content (AvgIpc) is 3.60. The lowest BCUT2D eigenvalue weighted by atomic mass is 9.82. The summed E-state index contributed by atoms with van der Waals surface area (Å²) in [5, 5.41) is 27.6. The Hall–Kier alpha value is -3.51. The maximum atomic E-state index is 11.6. The van der Waals surface area contributed by atoms with Gasteiger partial charge in [-0.3, -0.25) is 5.32 Å². The Balaban J connectivity index is 1.35. The highest BCUT2D eigenvalue weighted by Crippen LogP contribution is 2.40. The number of nitrogens with one attached hydrogen (secondary N) is 1. The second-order valence-corrected chi connectivity index (χ2v) is 11.5. The van der Waals surface area contributed by atoms with Crippen molar-refractivity contribution in [1.82, 2.24) is 14.9 Å². The topological polar surface area (TPSA) is 70.3 Å². The molecule has 0 aliphatic heterocycles. The normalized spacial score (nSPS) is 16.5. The third-order valence-electron chi connectivity index (χ3n) is 8.73. The van der Waals surface area contributed by atoms with Gasteiger partial charge in [-0.25, -0.2) is 4.98 Å². The molecule has 0 spiro atoms. The lowest BCUT2D eigenvalue weighted by Crippen LogP contribution is -2.41. The number of aromatic nitrogens is 2. The van der Waals surface area contributed by atoms with Crippen molar-refractivity contribution < 1.29 is 10.2 Å². The fourth-order valence-electron chi connectivity index (χ4n) is 6.90. The van der Waals surface area contributed by atoms with Crippen LogP contribution in [-0.2, 0) is 6.54 Å². The summed E-state index contributed by atoms with van der Waals surface area (Å²) in [6, 6.07) is 29.0. The molecule has 3 atom stereocenters. The van der Waals surface area contributed by atoms with E-state index in [9.17, 15) is 10.2 Å². The Morgan fingerprint density at radius 1 is 0.900 bits per heavy atom. The van der Waals surface area contributed by atoms with Crippen molar-refractivity contribution in [2.75, 3.05) is 6.61 Å². The van der Waals surface area contributed by atoms with Crippen LogP contribution in [0.15, 0.2) is 84.9 Å². The molecular weight excluding hydrogens is 494 g/mol. The predicted molar refractivity (Wildman–Crippen MR) is 162 cm³/mol. The fourth-order valence-corrected chi connectivity index (χ4v) is 6.90. The van der Waals surface area contributed by atoms with Crippen LogP contribution in [-0.4, -0.2) is 32.6 Å². The van der Waals surface area contributed by atoms with Crippen LogP contribution in [0.4, 0.5) is 0 Å². The van der Waals surface area contributed by atoms with E-state index in [2.05, 4.69) is 78.3 Å². The summed E-state index contributed by atoms with van der Waals surface area (Å²) < 4.78 is 2.33. The molecule has 0 radical (unpaired) electrons. The van der Waals surface area contributed by atoms with E-state index < -0.39 is 6.23 Å². The first-order valence-corrected chi connectivity index (χ1v) is 14.6. The summed E-state index contributed by atoms with van der Waals surface area (Å²) in [6.45, 7) is 4.87. The number of rotatable bonds is 9. The zero-order valence-corrected chi connectivity index (χ0v) is 23.4. The molecule has 1 aliphatic carbocycles. The molecule has 0 saturated heterocycles. The van der Waals surface area contributed by atoms with Gasteiger partial charge in [0.2, 0.25) is 0 Å². The van der Waals surface area contributed by atoms with E-state index in [-0.39, 0.29) is 18.6 Å². The molecule has 1 fully saturated rings. The van der Waals surface area contributed by atoms with Gasteiger partial charge in [-0.1, -0.05) is 85.6 Å². The molecule has 0 bridgehead atoms. The van der Waals surface area contributed by atoms with E-state index in [1.165, 1.54) is 40.3 Å². The minimum atomic E-state index is -0.768. The second-order valence-electron chi connectivity index (χ2n) is 11.5. The zero-order chi connectivity index (χ0) is 27.6. The van der Waals surface area contributed by atoms with Crippen LogP contribution in [0.5, 0.6) is 0 Å². The van der Waals surface area contributed by atoms with Gasteiger partial charge < -0.3 is 14.8 Å². The molecule has 5 nitrogen and oxygen atoms in total. The first-order valence-electron chi connectivity index (χ1n) is 14.6. The largest absolute Gasteiger partial charge is 0.394 e. The molecule has 5 heteroatoms. The molecule has 1 aliphatic rings. The number of aliphatic hydroxyl groups is 2. The molecule has 1 saturated carbocycles. The summed E-state index contributed by atoms with van der Waals surface area (Å²) >= 11 is 0. The summed E-state index contributed by atoms with van der Waals surface area (Å²) in [4.78, 5) is 4.98. The second kappa shape index (κ2) is 11.5. The molecule has 1 unspecified atom stereocenters. The Morgan fingerprint density at radius 2 is 1.62 bits per heavy atom. The van der Waals surface area contributed by atoms with Gasteiger partial charge in [-0.15, -0.1) is 0 Å². The van der Waals surface area contributed by atoms with Gasteiger partial charge >= 0.3 is 0 Å². The van der Waals surface area contributed by atoms with Gasteiger partial charge in [0.1, 0.15) is 11.9 Å². The van der Waals surface area contributed by atoms with E-state index in [0.717, 1.165) is 35.3 Å². The summed E-state index contributed by atoms with van der Waals surface area (Å²) in [6.07, 6.45) is 3.84. The van der Waals surface area contributed by atoms with Gasteiger partial charge in [-0.2, -0.15) is 0 Å². The number of benzene rings is 3. The molecule has 40 heavy (non-hydrogen) atoms. The molecule has 3 aromatic carbocycles. The highest BCUT2D eigenvalue weighted by molar-refractivity contribution is 6.08. The van der Waals surface area contributed by atoms with Crippen LogP contribution < -0.4 is 5.32 Å². The van der Waals surface area contributed by atoms with Gasteiger partial charge in [0.05, 0.1) is 18.2 Å². The van der Waals surface area contributed by atoms with Crippen molar-refractivity contribution in [3.63, 3.8) is 0 Å². The van der Waals surface area contributed by atoms with Crippen LogP contribution in [0.25, 0.3) is 21.9 Å². The Kier molecular flexibility index (Phi) is 7.70. The molecule has 3 N–H and O–H groups in total. The maximum Gasteiger partial charge on any atom is 0.141 e. The monoisotopic (exact) mass is 533 g/mol. The molecule has 5 aromatic rings. The molecular formula is C35H39N3O2. The summed E-state index contributed by atoms with van der Waals surface area (Å²) in [5.74, 6) is 0.342. The van der Waals surface area contributed by atoms with E-state index in [0.29, 0.717) is 12.5 Å². The van der Waals surface area contributed by atoms with E-state index in [1.807, 2.05) is 30.3 Å². The van der Waals surface area contributed by atoms with Gasteiger partial charge in [0.25, 0.3) is 0 Å². The number of hydrogen-bond acceptors (Lipinski definition) is 4. The first kappa shape index (κ1) is 26.7. The lowest BCUT2D eigenvalue weighted by Gasteiger charge is -2.32. The van der Waals surface area contributed by atoms with Crippen molar-refractivity contribution >= 4 is 21.9 Å². The van der Waals surface area contributed by atoms with Crippen molar-refractivity contribution in [1.29, 1.82) is 0 Å². The number of aryl methyl sites for hydroxylation is 2. The molecule has 2 heterocycles. The van der Waals surface area contributed by atoms with E-state index >= 15 is 0 Å². The predicted octanol–water partition coefficient (Wildman–Crippen LogP) is 6.77. The van der Waals surface area contributed by atoms with Crippen molar-refractivity contribution in [3.8, 4) is 0 Å². The van der Waals surface area contributed by atoms with Gasteiger partial charge in [-0.05, 0) is 67.0 Å². The fraction of sp³-hybridized carbons (Fsp3) is 0.343. The smallest absolute Gasteiger partial charge is 0.141 e. The minimum absolute atomic E-state index is 0.0547. The van der Waals surface area contributed by atoms with E-state index in [1.54, 1.807) is 0 Å².